The van der Waals surface area contributed by atoms with Crippen molar-refractivity contribution in [1.29, 1.82) is 5.26 Å². The van der Waals surface area contributed by atoms with Crippen LogP contribution in [0.5, 0.6) is 0 Å². The van der Waals surface area contributed by atoms with E-state index in [1.807, 2.05) is 75.5 Å². The van der Waals surface area contributed by atoms with Crippen LogP contribution >= 0.6 is 22.7 Å². The third-order valence-corrected chi connectivity index (χ3v) is 9.13. The number of anilines is 1. The maximum atomic E-state index is 13.6. The lowest BCUT2D eigenvalue weighted by molar-refractivity contribution is -0.118. The third kappa shape index (κ3) is 7.32. The Morgan fingerprint density at radius 1 is 1.07 bits per heavy atom. The minimum absolute atomic E-state index is 0.0701. The standard InChI is InChI=1S/C33H33N5O2S2/c1-2-3-4-5-8-32(39)38(22-28-19-35-23-37(28)21-25-11-9-24(18-34)10-12-25)27-13-14-30-26(16-27)17-31(42-30)33(40)36-20-29-7-6-15-41-29/h6-7,9-17,19,23H,2-5,8,20-22H2,1H3,(H,36,40). The summed E-state index contributed by atoms with van der Waals surface area (Å²) in [5.41, 5.74) is 3.39. The molecule has 42 heavy (non-hydrogen) atoms. The maximum absolute atomic E-state index is 13.6. The molecule has 9 heteroatoms. The number of amides is 2. The molecule has 0 spiro atoms. The summed E-state index contributed by atoms with van der Waals surface area (Å²) in [6.07, 6.45) is 8.17. The van der Waals surface area contributed by atoms with Crippen LogP contribution in [0.25, 0.3) is 10.1 Å². The van der Waals surface area contributed by atoms with Gasteiger partial charge < -0.3 is 14.8 Å². The second-order valence-corrected chi connectivity index (χ2v) is 12.3. The highest BCUT2D eigenvalue weighted by molar-refractivity contribution is 7.20. The van der Waals surface area contributed by atoms with Crippen LogP contribution in [0, 0.1) is 11.3 Å². The molecule has 0 aliphatic heterocycles. The molecule has 2 amide bonds. The van der Waals surface area contributed by atoms with Gasteiger partial charge in [0, 0.05) is 34.4 Å². The number of aromatic nitrogens is 2. The summed E-state index contributed by atoms with van der Waals surface area (Å²) >= 11 is 3.07. The van der Waals surface area contributed by atoms with E-state index < -0.39 is 0 Å². The minimum Gasteiger partial charge on any atom is -0.346 e. The van der Waals surface area contributed by atoms with E-state index in [1.54, 1.807) is 23.9 Å². The highest BCUT2D eigenvalue weighted by Crippen LogP contribution is 2.31. The highest BCUT2D eigenvalue weighted by Gasteiger charge is 2.20. The van der Waals surface area contributed by atoms with Crippen molar-refractivity contribution in [3.8, 4) is 6.07 Å². The van der Waals surface area contributed by atoms with Gasteiger partial charge in [0.05, 0.1) is 41.6 Å². The number of fused-ring (bicyclic) bond motifs is 1. The van der Waals surface area contributed by atoms with Crippen LogP contribution in [0.1, 0.15) is 70.4 Å². The first-order chi connectivity index (χ1) is 20.5. The van der Waals surface area contributed by atoms with Crippen molar-refractivity contribution in [2.45, 2.75) is 58.7 Å². The molecule has 0 aliphatic rings. The third-order valence-electron chi connectivity index (χ3n) is 7.14. The first-order valence-corrected chi connectivity index (χ1v) is 15.9. The molecule has 0 atom stereocenters. The Bertz CT molecular complexity index is 1680. The SMILES string of the molecule is CCCCCCC(=O)N(Cc1cncn1Cc1ccc(C#N)cc1)c1ccc2sc(C(=O)NCc3cccs3)cc2c1. The number of carbonyl (C=O) groups is 2. The molecule has 5 aromatic rings. The van der Waals surface area contributed by atoms with Crippen LogP contribution in [0.15, 0.2) is 78.6 Å². The Morgan fingerprint density at radius 3 is 2.69 bits per heavy atom. The lowest BCUT2D eigenvalue weighted by atomic mass is 10.1. The number of benzene rings is 2. The monoisotopic (exact) mass is 595 g/mol. The smallest absolute Gasteiger partial charge is 0.261 e. The summed E-state index contributed by atoms with van der Waals surface area (Å²) in [6.45, 7) is 3.64. The molecule has 3 heterocycles. The summed E-state index contributed by atoms with van der Waals surface area (Å²) in [6, 6.07) is 21.5. The molecular formula is C33H33N5O2S2. The van der Waals surface area contributed by atoms with E-state index in [2.05, 4.69) is 23.3 Å². The topological polar surface area (TPSA) is 91.0 Å². The Balaban J connectivity index is 1.37. The van der Waals surface area contributed by atoms with E-state index in [-0.39, 0.29) is 11.8 Å². The molecule has 5 rings (SSSR count). The van der Waals surface area contributed by atoms with Crippen molar-refractivity contribution in [1.82, 2.24) is 14.9 Å². The molecule has 2 aromatic carbocycles. The maximum Gasteiger partial charge on any atom is 0.261 e. The Morgan fingerprint density at radius 2 is 1.93 bits per heavy atom. The van der Waals surface area contributed by atoms with E-state index in [4.69, 9.17) is 5.26 Å². The number of carbonyl (C=O) groups excluding carboxylic acids is 2. The van der Waals surface area contributed by atoms with E-state index in [0.717, 1.165) is 57.6 Å². The van der Waals surface area contributed by atoms with Gasteiger partial charge in [0.2, 0.25) is 5.91 Å². The predicted octanol–water partition coefficient (Wildman–Crippen LogP) is 7.51. The number of hydrogen-bond acceptors (Lipinski definition) is 6. The van der Waals surface area contributed by atoms with Gasteiger partial charge in [-0.1, -0.05) is 44.4 Å². The van der Waals surface area contributed by atoms with Gasteiger partial charge in [0.1, 0.15) is 0 Å². The molecule has 0 radical (unpaired) electrons. The summed E-state index contributed by atoms with van der Waals surface area (Å²) < 4.78 is 3.04. The van der Waals surface area contributed by atoms with Crippen molar-refractivity contribution in [3.63, 3.8) is 0 Å². The first kappa shape index (κ1) is 29.2. The molecule has 0 saturated carbocycles. The first-order valence-electron chi connectivity index (χ1n) is 14.2. The number of thiophene rings is 2. The lowest BCUT2D eigenvalue weighted by Crippen LogP contribution is -2.31. The second kappa shape index (κ2) is 14.1. The van der Waals surface area contributed by atoms with Crippen LogP contribution in [-0.2, 0) is 24.4 Å². The lowest BCUT2D eigenvalue weighted by Gasteiger charge is -2.24. The second-order valence-electron chi connectivity index (χ2n) is 10.2. The van der Waals surface area contributed by atoms with Crippen molar-refractivity contribution >= 4 is 50.3 Å². The minimum atomic E-state index is -0.0956. The van der Waals surface area contributed by atoms with E-state index in [9.17, 15) is 9.59 Å². The number of nitriles is 1. The molecule has 3 aromatic heterocycles. The van der Waals surface area contributed by atoms with Gasteiger partial charge in [-0.05, 0) is 65.2 Å². The summed E-state index contributed by atoms with van der Waals surface area (Å²) in [4.78, 5) is 34.5. The summed E-state index contributed by atoms with van der Waals surface area (Å²) in [5.74, 6) is -0.0255. The van der Waals surface area contributed by atoms with Gasteiger partial charge in [-0.25, -0.2) is 4.98 Å². The van der Waals surface area contributed by atoms with Gasteiger partial charge in [0.25, 0.3) is 5.91 Å². The Labute approximate surface area is 254 Å². The quantitative estimate of drug-likeness (QED) is 0.143. The average Bonchev–Trinajstić information content (AvgIpc) is 3.78. The van der Waals surface area contributed by atoms with E-state index >= 15 is 0 Å². The summed E-state index contributed by atoms with van der Waals surface area (Å²) in [5, 5.41) is 15.1. The van der Waals surface area contributed by atoms with Gasteiger partial charge in [-0.3, -0.25) is 9.59 Å². The van der Waals surface area contributed by atoms with E-state index in [1.165, 1.54) is 11.3 Å². The normalized spacial score (nSPS) is 11.0. The fraction of sp³-hybridized carbons (Fsp3) is 0.273. The zero-order valence-electron chi connectivity index (χ0n) is 23.6. The molecule has 0 bridgehead atoms. The largest absolute Gasteiger partial charge is 0.346 e. The van der Waals surface area contributed by atoms with Gasteiger partial charge in [0.15, 0.2) is 0 Å². The highest BCUT2D eigenvalue weighted by atomic mass is 32.1. The number of hydrogen-bond donors (Lipinski definition) is 1. The number of rotatable bonds is 13. The van der Waals surface area contributed by atoms with Gasteiger partial charge in [-0.2, -0.15) is 5.26 Å². The zero-order chi connectivity index (χ0) is 29.3. The number of nitrogens with one attached hydrogen (secondary N) is 1. The average molecular weight is 596 g/mol. The van der Waals surface area contributed by atoms with Crippen LogP contribution in [-0.4, -0.2) is 21.4 Å². The van der Waals surface area contributed by atoms with Gasteiger partial charge in [-0.15, -0.1) is 22.7 Å². The molecule has 1 N–H and O–H groups in total. The van der Waals surface area contributed by atoms with Crippen molar-refractivity contribution in [3.05, 3.63) is 105 Å². The number of nitrogens with zero attached hydrogens (tertiary/aromatic N) is 4. The van der Waals surface area contributed by atoms with E-state index in [0.29, 0.717) is 36.5 Å². The van der Waals surface area contributed by atoms with Crippen LogP contribution in [0.2, 0.25) is 0 Å². The molecular weight excluding hydrogens is 563 g/mol. The van der Waals surface area contributed by atoms with Crippen LogP contribution < -0.4 is 10.2 Å². The molecule has 7 nitrogen and oxygen atoms in total. The Kier molecular flexibility index (Phi) is 9.80. The van der Waals surface area contributed by atoms with Crippen LogP contribution in [0.4, 0.5) is 5.69 Å². The molecule has 0 saturated heterocycles. The van der Waals surface area contributed by atoms with Crippen molar-refractivity contribution < 1.29 is 9.59 Å². The summed E-state index contributed by atoms with van der Waals surface area (Å²) in [7, 11) is 0. The Hall–Kier alpha value is -4.26. The molecule has 0 aliphatic carbocycles. The van der Waals surface area contributed by atoms with Crippen molar-refractivity contribution in [2.75, 3.05) is 4.90 Å². The van der Waals surface area contributed by atoms with Crippen molar-refractivity contribution in [2.24, 2.45) is 0 Å². The van der Waals surface area contributed by atoms with Crippen LogP contribution in [0.3, 0.4) is 0 Å². The molecule has 0 fully saturated rings. The fourth-order valence-corrected chi connectivity index (χ4v) is 6.41. The molecule has 0 unspecified atom stereocenters. The molecule has 214 valence electrons. The van der Waals surface area contributed by atoms with Gasteiger partial charge >= 0.3 is 0 Å². The zero-order valence-corrected chi connectivity index (χ0v) is 25.2. The number of imidazole rings is 1. The predicted molar refractivity (Wildman–Crippen MR) is 170 cm³/mol. The fourth-order valence-electron chi connectivity index (χ4n) is 4.81. The number of unbranched alkanes of at least 4 members (excludes halogenated alkanes) is 3.